The van der Waals surface area contributed by atoms with E-state index in [1.165, 1.54) is 73.0 Å². The number of aliphatic hydroxyl groups excluding tert-OH is 1. The molecule has 342 valence electrons. The van der Waals surface area contributed by atoms with Crippen LogP contribution in [0.25, 0.3) is 22.1 Å². The van der Waals surface area contributed by atoms with Crippen LogP contribution in [0.4, 0.5) is 20.4 Å². The van der Waals surface area contributed by atoms with Gasteiger partial charge >= 0.3 is 5.69 Å². The highest BCUT2D eigenvalue weighted by Gasteiger charge is 2.32. The Kier molecular flexibility index (Phi) is 14.6. The lowest BCUT2D eigenvalue weighted by atomic mass is 9.86. The highest BCUT2D eigenvalue weighted by Crippen LogP contribution is 2.35. The van der Waals surface area contributed by atoms with Gasteiger partial charge in [-0.05, 0) is 136 Å². The van der Waals surface area contributed by atoms with E-state index < -0.39 is 23.6 Å². The number of aromatic nitrogens is 5. The molecule has 2 aliphatic carbocycles. The van der Waals surface area contributed by atoms with E-state index in [1.807, 2.05) is 31.2 Å². The van der Waals surface area contributed by atoms with Gasteiger partial charge < -0.3 is 15.3 Å². The molecule has 0 spiro atoms. The van der Waals surface area contributed by atoms with Gasteiger partial charge in [-0.3, -0.25) is 38.1 Å². The van der Waals surface area contributed by atoms with Crippen molar-refractivity contribution < 1.29 is 23.5 Å². The molecule has 1 atom stereocenters. The number of alkyl halides is 2. The molecule has 0 radical (unpaired) electrons. The molecule has 0 bridgehead atoms. The molecule has 5 heterocycles. The Bertz CT molecular complexity index is 2590. The number of benzene rings is 2. The van der Waals surface area contributed by atoms with Crippen LogP contribution in [0.3, 0.4) is 0 Å². The number of hydrogen-bond acceptors (Lipinski definition) is 11. The minimum atomic E-state index is -2.84. The standard InChI is InChI=1S/C25H34N4O3.C22H25F2N5O2S/c1-27-22-15-19(18-11-13-28(14-12-18)16-17-5-3-2-4-6-17)7-8-20(22)29(25(27)32)21-9-10-23(30)26-24(21)31;1-13-10-16(32-26-8-9-30)6-7-18(13)27-22-25-12-14-11-17(19(23)24)21(31)29(20(14)28-22)15-4-2-3-5-15/h7-8,15,17-18,21H,2-6,9-14,16H2,1H3,(H,26,30,31);6-7,10-12,15,19,26,30H,2-5,8-9H2,1H3,(H,25,27,28). The van der Waals surface area contributed by atoms with Crippen LogP contribution in [-0.4, -0.2) is 78.3 Å². The van der Waals surface area contributed by atoms with E-state index in [9.17, 15) is 28.0 Å². The quantitative estimate of drug-likeness (QED) is 0.0554. The zero-order valence-corrected chi connectivity index (χ0v) is 37.5. The van der Waals surface area contributed by atoms with Crippen LogP contribution < -0.4 is 26.6 Å². The van der Waals surface area contributed by atoms with E-state index in [1.54, 1.807) is 16.2 Å². The van der Waals surface area contributed by atoms with Gasteiger partial charge in [0.05, 0.1) is 23.2 Å². The van der Waals surface area contributed by atoms with Gasteiger partial charge in [0.2, 0.25) is 17.8 Å². The van der Waals surface area contributed by atoms with Crippen LogP contribution in [0, 0.1) is 12.8 Å². The van der Waals surface area contributed by atoms with Crippen molar-refractivity contribution in [3.05, 3.63) is 86.2 Å². The first kappa shape index (κ1) is 45.6. The van der Waals surface area contributed by atoms with Crippen molar-refractivity contribution in [2.45, 2.75) is 120 Å². The highest BCUT2D eigenvalue weighted by molar-refractivity contribution is 7.97. The molecular weight excluding hydrogens is 841 g/mol. The summed E-state index contributed by atoms with van der Waals surface area (Å²) in [4.78, 5) is 62.3. The summed E-state index contributed by atoms with van der Waals surface area (Å²) in [6.45, 7) is 6.06. The smallest absolute Gasteiger partial charge is 0.329 e. The number of piperidine rings is 2. The zero-order chi connectivity index (χ0) is 44.9. The first-order valence-corrected chi connectivity index (χ1v) is 23.7. The van der Waals surface area contributed by atoms with Gasteiger partial charge in [0, 0.05) is 54.8 Å². The number of imide groups is 1. The van der Waals surface area contributed by atoms with Crippen molar-refractivity contribution >= 4 is 57.5 Å². The van der Waals surface area contributed by atoms with Crippen LogP contribution in [0.1, 0.15) is 125 Å². The lowest BCUT2D eigenvalue weighted by molar-refractivity contribution is -0.135. The highest BCUT2D eigenvalue weighted by atomic mass is 32.2. The number of pyridine rings is 1. The number of imidazole rings is 1. The van der Waals surface area contributed by atoms with Gasteiger partial charge in [-0.1, -0.05) is 38.2 Å². The summed E-state index contributed by atoms with van der Waals surface area (Å²) in [6, 6.07) is 12.5. The Morgan fingerprint density at radius 3 is 2.34 bits per heavy atom. The van der Waals surface area contributed by atoms with Gasteiger partial charge in [0.25, 0.3) is 12.0 Å². The fraction of sp³-hybridized carbons (Fsp3) is 0.532. The van der Waals surface area contributed by atoms with Gasteiger partial charge in [0.1, 0.15) is 11.7 Å². The number of carbonyl (C=O) groups excluding carboxylic acids is 2. The number of anilines is 2. The number of nitrogens with one attached hydrogen (secondary N) is 3. The largest absolute Gasteiger partial charge is 0.395 e. The van der Waals surface area contributed by atoms with Crippen LogP contribution in [0.5, 0.6) is 0 Å². The Morgan fingerprint density at radius 1 is 0.891 bits per heavy atom. The van der Waals surface area contributed by atoms with Crippen molar-refractivity contribution in [2.75, 3.05) is 38.1 Å². The van der Waals surface area contributed by atoms with E-state index in [0.717, 1.165) is 84.7 Å². The number of amides is 2. The second-order valence-electron chi connectivity index (χ2n) is 17.8. The monoisotopic (exact) mass is 899 g/mol. The number of halogens is 2. The first-order valence-electron chi connectivity index (χ1n) is 22.8. The van der Waals surface area contributed by atoms with E-state index in [4.69, 9.17) is 5.11 Å². The summed E-state index contributed by atoms with van der Waals surface area (Å²) >= 11 is 1.43. The summed E-state index contributed by atoms with van der Waals surface area (Å²) in [5.41, 5.74) is 3.68. The maximum Gasteiger partial charge on any atom is 0.329 e. The lowest BCUT2D eigenvalue weighted by Gasteiger charge is -2.35. The molecule has 2 amide bonds. The van der Waals surface area contributed by atoms with E-state index in [0.29, 0.717) is 35.9 Å². The molecule has 2 saturated carbocycles. The van der Waals surface area contributed by atoms with Crippen LogP contribution in [0.2, 0.25) is 0 Å². The van der Waals surface area contributed by atoms with Crippen molar-refractivity contribution in [1.82, 2.24) is 38.6 Å². The fourth-order valence-corrected chi connectivity index (χ4v) is 10.8. The maximum absolute atomic E-state index is 13.5. The predicted molar refractivity (Wildman–Crippen MR) is 245 cm³/mol. The minimum Gasteiger partial charge on any atom is -0.395 e. The molecule has 5 aromatic rings. The third-order valence-electron chi connectivity index (χ3n) is 13.5. The number of likely N-dealkylation sites (tertiary alicyclic amines) is 1. The second-order valence-corrected chi connectivity index (χ2v) is 18.8. The fourth-order valence-electron chi connectivity index (χ4n) is 10.0. The molecule has 2 aromatic carbocycles. The number of aryl methyl sites for hydroxylation is 2. The predicted octanol–water partition coefficient (Wildman–Crippen LogP) is 7.56. The van der Waals surface area contributed by atoms with Crippen LogP contribution in [0.15, 0.2) is 63.1 Å². The van der Waals surface area contributed by atoms with Gasteiger partial charge in [0.15, 0.2) is 0 Å². The average molecular weight is 900 g/mol. The molecule has 3 aromatic heterocycles. The first-order chi connectivity index (χ1) is 31.0. The molecule has 14 nitrogen and oxygen atoms in total. The molecule has 64 heavy (non-hydrogen) atoms. The molecule has 4 fully saturated rings. The molecule has 4 N–H and O–H groups in total. The Balaban J connectivity index is 0.000000175. The number of hydrogen-bond donors (Lipinski definition) is 4. The molecule has 2 aliphatic heterocycles. The van der Waals surface area contributed by atoms with Crippen LogP contribution >= 0.6 is 11.9 Å². The van der Waals surface area contributed by atoms with Gasteiger partial charge in [-0.15, -0.1) is 0 Å². The lowest BCUT2D eigenvalue weighted by Crippen LogP contribution is -2.44. The Morgan fingerprint density at radius 2 is 1.64 bits per heavy atom. The molecule has 1 unspecified atom stereocenters. The molecule has 9 rings (SSSR count). The third-order valence-corrected chi connectivity index (χ3v) is 14.3. The summed E-state index contributed by atoms with van der Waals surface area (Å²) in [5, 5.41) is 14.9. The molecule has 2 saturated heterocycles. The average Bonchev–Trinajstić information content (AvgIpc) is 3.91. The summed E-state index contributed by atoms with van der Waals surface area (Å²) < 4.78 is 34.7. The summed E-state index contributed by atoms with van der Waals surface area (Å²) in [7, 11) is 1.77. The Hall–Kier alpha value is -4.97. The van der Waals surface area contributed by atoms with Gasteiger partial charge in [-0.25, -0.2) is 18.6 Å². The van der Waals surface area contributed by atoms with E-state index >= 15 is 0 Å². The van der Waals surface area contributed by atoms with Crippen molar-refractivity contribution in [2.24, 2.45) is 13.0 Å². The van der Waals surface area contributed by atoms with Gasteiger partial charge in [-0.2, -0.15) is 4.98 Å². The third kappa shape index (κ3) is 10.1. The van der Waals surface area contributed by atoms with Crippen molar-refractivity contribution in [1.29, 1.82) is 0 Å². The zero-order valence-electron chi connectivity index (χ0n) is 36.7. The molecular formula is C47H59F2N9O5S. The van der Waals surface area contributed by atoms with E-state index in [2.05, 4.69) is 42.4 Å². The topological polar surface area (TPSA) is 168 Å². The SMILES string of the molecule is Cc1cc(SNCCO)ccc1Nc1ncc2cc(C(F)F)c(=O)n(C3CCCC3)c2n1.Cn1c(=O)n(C2CCC(=O)NC2=O)c2ccc(C3CCN(CC4CCCCC4)CC3)cc21. The maximum atomic E-state index is 13.5. The molecule has 17 heteroatoms. The second kappa shape index (κ2) is 20.5. The normalized spacial score (nSPS) is 19.4. The minimum absolute atomic E-state index is 0.0651. The summed E-state index contributed by atoms with van der Waals surface area (Å²) in [6.07, 6.45) is 12.1. The van der Waals surface area contributed by atoms with E-state index in [-0.39, 0.29) is 36.6 Å². The number of aliphatic hydroxyl groups is 1. The van der Waals surface area contributed by atoms with Crippen molar-refractivity contribution in [3.8, 4) is 0 Å². The summed E-state index contributed by atoms with van der Waals surface area (Å²) in [5.74, 6) is 1.05. The van der Waals surface area contributed by atoms with Crippen LogP contribution in [-0.2, 0) is 16.6 Å². The number of carbonyl (C=O) groups is 2. The Labute approximate surface area is 375 Å². The number of nitrogens with zero attached hydrogens (tertiary/aromatic N) is 6. The number of rotatable bonds is 12. The van der Waals surface area contributed by atoms with Crippen molar-refractivity contribution in [3.63, 3.8) is 0 Å². The molecule has 4 aliphatic rings. The number of fused-ring (bicyclic) bond motifs is 2.